The van der Waals surface area contributed by atoms with Crippen molar-refractivity contribution in [3.8, 4) is 0 Å². The Morgan fingerprint density at radius 3 is 2.93 bits per heavy atom. The lowest BCUT2D eigenvalue weighted by Gasteiger charge is -2.35. The molecule has 0 aromatic rings. The van der Waals surface area contributed by atoms with Gasteiger partial charge in [0.05, 0.1) is 11.5 Å². The van der Waals surface area contributed by atoms with Gasteiger partial charge in [-0.3, -0.25) is 4.79 Å². The van der Waals surface area contributed by atoms with Crippen LogP contribution < -0.4 is 5.32 Å². The minimum Gasteiger partial charge on any atom is -0.391 e. The number of hydrogen-bond donors (Lipinski definition) is 2. The fourth-order valence-electron chi connectivity index (χ4n) is 2.55. The molecule has 4 nitrogen and oxygen atoms in total. The number of aliphatic hydroxyl groups is 1. The SMILES string of the molecule is CC1(C(=O)N2CC[C@@H](O)C2)CCCNC1. The Hall–Kier alpha value is -0.610. The van der Waals surface area contributed by atoms with Crippen LogP contribution in [-0.2, 0) is 4.79 Å². The van der Waals surface area contributed by atoms with Gasteiger partial charge in [0.25, 0.3) is 0 Å². The van der Waals surface area contributed by atoms with E-state index in [1.54, 1.807) is 0 Å². The predicted octanol–water partition coefficient (Wildman–Crippen LogP) is -0.0307. The van der Waals surface area contributed by atoms with E-state index in [1.165, 1.54) is 0 Å². The molecule has 0 aromatic heterocycles. The molecule has 86 valence electrons. The Morgan fingerprint density at radius 2 is 2.40 bits per heavy atom. The first-order chi connectivity index (χ1) is 7.12. The average Bonchev–Trinajstić information content (AvgIpc) is 2.65. The molecular weight excluding hydrogens is 192 g/mol. The number of carbonyl (C=O) groups is 1. The molecule has 0 aromatic carbocycles. The smallest absolute Gasteiger partial charge is 0.229 e. The Labute approximate surface area is 90.6 Å². The summed E-state index contributed by atoms with van der Waals surface area (Å²) in [6, 6.07) is 0. The second kappa shape index (κ2) is 4.10. The molecule has 0 saturated carbocycles. The third-order valence-electron chi connectivity index (χ3n) is 3.56. The molecular formula is C11H20N2O2. The summed E-state index contributed by atoms with van der Waals surface area (Å²) in [5, 5.41) is 12.7. The van der Waals surface area contributed by atoms with E-state index in [9.17, 15) is 9.90 Å². The number of hydrogen-bond acceptors (Lipinski definition) is 3. The molecule has 2 aliphatic heterocycles. The molecule has 2 N–H and O–H groups in total. The zero-order valence-electron chi connectivity index (χ0n) is 9.33. The van der Waals surface area contributed by atoms with E-state index in [0.717, 1.165) is 38.9 Å². The molecule has 15 heavy (non-hydrogen) atoms. The van der Waals surface area contributed by atoms with E-state index in [0.29, 0.717) is 6.54 Å². The van der Waals surface area contributed by atoms with Gasteiger partial charge in [0.2, 0.25) is 5.91 Å². The minimum absolute atomic E-state index is 0.214. The molecule has 4 heteroatoms. The number of rotatable bonds is 1. The molecule has 0 bridgehead atoms. The number of carbonyl (C=O) groups excluding carboxylic acids is 1. The van der Waals surface area contributed by atoms with Crippen molar-refractivity contribution in [3.63, 3.8) is 0 Å². The van der Waals surface area contributed by atoms with Gasteiger partial charge in [-0.05, 0) is 32.7 Å². The first-order valence-electron chi connectivity index (χ1n) is 5.80. The van der Waals surface area contributed by atoms with E-state index < -0.39 is 0 Å². The molecule has 2 heterocycles. The quantitative estimate of drug-likeness (QED) is 0.642. The molecule has 1 unspecified atom stereocenters. The van der Waals surface area contributed by atoms with Crippen molar-refractivity contribution in [1.29, 1.82) is 0 Å². The number of aliphatic hydroxyl groups excluding tert-OH is 1. The summed E-state index contributed by atoms with van der Waals surface area (Å²) >= 11 is 0. The number of amides is 1. The first-order valence-corrected chi connectivity index (χ1v) is 5.80. The van der Waals surface area contributed by atoms with Crippen LogP contribution in [-0.4, -0.2) is 48.2 Å². The number of nitrogens with one attached hydrogen (secondary N) is 1. The lowest BCUT2D eigenvalue weighted by Crippen LogP contribution is -2.49. The molecule has 2 saturated heterocycles. The third kappa shape index (κ3) is 2.16. The summed E-state index contributed by atoms with van der Waals surface area (Å²) in [4.78, 5) is 14.1. The lowest BCUT2D eigenvalue weighted by molar-refractivity contribution is -0.141. The topological polar surface area (TPSA) is 52.6 Å². The highest BCUT2D eigenvalue weighted by atomic mass is 16.3. The summed E-state index contributed by atoms with van der Waals surface area (Å²) in [5.74, 6) is 0.214. The van der Waals surface area contributed by atoms with Gasteiger partial charge in [0.1, 0.15) is 0 Å². The van der Waals surface area contributed by atoms with E-state index >= 15 is 0 Å². The van der Waals surface area contributed by atoms with Crippen LogP contribution in [0.3, 0.4) is 0 Å². The van der Waals surface area contributed by atoms with E-state index in [2.05, 4.69) is 5.32 Å². The summed E-state index contributed by atoms with van der Waals surface area (Å²) in [7, 11) is 0. The van der Waals surface area contributed by atoms with Gasteiger partial charge in [-0.2, -0.15) is 0 Å². The molecule has 0 aliphatic carbocycles. The van der Waals surface area contributed by atoms with Crippen molar-refractivity contribution in [2.45, 2.75) is 32.3 Å². The normalized spacial score (nSPS) is 36.9. The Bertz CT molecular complexity index is 249. The van der Waals surface area contributed by atoms with Crippen molar-refractivity contribution in [3.05, 3.63) is 0 Å². The third-order valence-corrected chi connectivity index (χ3v) is 3.56. The summed E-state index contributed by atoms with van der Waals surface area (Å²) in [6.45, 7) is 5.07. The van der Waals surface area contributed by atoms with Crippen molar-refractivity contribution in [2.75, 3.05) is 26.2 Å². The Kier molecular flexibility index (Phi) is 2.98. The highest BCUT2D eigenvalue weighted by Crippen LogP contribution is 2.29. The van der Waals surface area contributed by atoms with Gasteiger partial charge in [-0.15, -0.1) is 0 Å². The van der Waals surface area contributed by atoms with Gasteiger partial charge >= 0.3 is 0 Å². The van der Waals surface area contributed by atoms with Crippen LogP contribution in [0, 0.1) is 5.41 Å². The first kappa shape index (κ1) is 10.9. The average molecular weight is 212 g/mol. The Morgan fingerprint density at radius 1 is 1.60 bits per heavy atom. The highest BCUT2D eigenvalue weighted by molar-refractivity contribution is 5.83. The maximum Gasteiger partial charge on any atom is 0.229 e. The van der Waals surface area contributed by atoms with Crippen LogP contribution >= 0.6 is 0 Å². The van der Waals surface area contributed by atoms with Gasteiger partial charge in [-0.1, -0.05) is 0 Å². The number of β-amino-alcohol motifs (C(OH)–C–C–N with tert-alkyl or cyclic N) is 1. The van der Waals surface area contributed by atoms with Crippen molar-refractivity contribution >= 4 is 5.91 Å². The summed E-state index contributed by atoms with van der Waals surface area (Å²) < 4.78 is 0. The fourth-order valence-corrected chi connectivity index (χ4v) is 2.55. The maximum atomic E-state index is 12.2. The summed E-state index contributed by atoms with van der Waals surface area (Å²) in [6.07, 6.45) is 2.45. The zero-order valence-corrected chi connectivity index (χ0v) is 9.33. The second-order valence-electron chi connectivity index (χ2n) is 5.03. The van der Waals surface area contributed by atoms with Crippen LogP contribution in [0.25, 0.3) is 0 Å². The molecule has 2 rings (SSSR count). The predicted molar refractivity (Wildman–Crippen MR) is 57.4 cm³/mol. The molecule has 2 atom stereocenters. The lowest BCUT2D eigenvalue weighted by atomic mass is 9.81. The Balaban J connectivity index is 1.99. The highest BCUT2D eigenvalue weighted by Gasteiger charge is 2.39. The van der Waals surface area contributed by atoms with Gasteiger partial charge in [-0.25, -0.2) is 0 Å². The van der Waals surface area contributed by atoms with Crippen molar-refractivity contribution in [2.24, 2.45) is 5.41 Å². The van der Waals surface area contributed by atoms with E-state index in [-0.39, 0.29) is 17.4 Å². The minimum atomic E-state index is -0.311. The van der Waals surface area contributed by atoms with Gasteiger partial charge < -0.3 is 15.3 Å². The number of likely N-dealkylation sites (tertiary alicyclic amines) is 1. The molecule has 2 fully saturated rings. The van der Waals surface area contributed by atoms with Crippen LogP contribution in [0.2, 0.25) is 0 Å². The molecule has 0 radical (unpaired) electrons. The second-order valence-corrected chi connectivity index (χ2v) is 5.03. The van der Waals surface area contributed by atoms with Crippen LogP contribution in [0.1, 0.15) is 26.2 Å². The van der Waals surface area contributed by atoms with Crippen LogP contribution in [0.5, 0.6) is 0 Å². The van der Waals surface area contributed by atoms with Gasteiger partial charge in [0, 0.05) is 19.6 Å². The molecule has 1 amide bonds. The van der Waals surface area contributed by atoms with Crippen molar-refractivity contribution in [1.82, 2.24) is 10.2 Å². The molecule has 2 aliphatic rings. The van der Waals surface area contributed by atoms with E-state index in [1.807, 2.05) is 11.8 Å². The largest absolute Gasteiger partial charge is 0.391 e. The number of nitrogens with zero attached hydrogens (tertiary/aromatic N) is 1. The standard InChI is InChI=1S/C11H20N2O2/c1-11(4-2-5-12-8-11)10(15)13-6-3-9(14)7-13/h9,12,14H,2-8H2,1H3/t9-,11?/m1/s1. The van der Waals surface area contributed by atoms with Crippen molar-refractivity contribution < 1.29 is 9.90 Å². The summed E-state index contributed by atoms with van der Waals surface area (Å²) in [5.41, 5.74) is -0.248. The van der Waals surface area contributed by atoms with E-state index in [4.69, 9.17) is 0 Å². The van der Waals surface area contributed by atoms with Crippen LogP contribution in [0.15, 0.2) is 0 Å². The zero-order chi connectivity index (χ0) is 10.9. The van der Waals surface area contributed by atoms with Crippen LogP contribution in [0.4, 0.5) is 0 Å². The fraction of sp³-hybridized carbons (Fsp3) is 0.909. The monoisotopic (exact) mass is 212 g/mol. The number of piperidine rings is 1. The van der Waals surface area contributed by atoms with Gasteiger partial charge in [0.15, 0.2) is 0 Å². The maximum absolute atomic E-state index is 12.2. The molecule has 0 spiro atoms.